The first-order valence-electron chi connectivity index (χ1n) is 8.54. The number of nitrogens with zero attached hydrogens (tertiary/aromatic N) is 3. The number of hydrogen-bond donors (Lipinski definition) is 3. The minimum atomic E-state index is -1.05. The fraction of sp³-hybridized carbons (Fsp3) is 0.412. The molecule has 1 aromatic carbocycles. The van der Waals surface area contributed by atoms with Gasteiger partial charge in [-0.3, -0.25) is 5.73 Å². The third-order valence-corrected chi connectivity index (χ3v) is 6.60. The number of hydrogen-bond acceptors (Lipinski definition) is 7. The zero-order chi connectivity index (χ0) is 18.5. The van der Waals surface area contributed by atoms with Crippen LogP contribution in [0.4, 0.5) is 17.5 Å². The molecule has 2 atom stereocenters. The first kappa shape index (κ1) is 18.0. The molecule has 1 saturated heterocycles. The van der Waals surface area contributed by atoms with Crippen LogP contribution in [0.15, 0.2) is 23.2 Å². The van der Waals surface area contributed by atoms with Crippen LogP contribution in [0.2, 0.25) is 10.0 Å². The van der Waals surface area contributed by atoms with Crippen LogP contribution >= 0.6 is 35.0 Å². The topological polar surface area (TPSA) is 93.1 Å². The van der Waals surface area contributed by atoms with Gasteiger partial charge < -0.3 is 16.0 Å². The smallest absolute Gasteiger partial charge is 0.228 e. The molecule has 26 heavy (non-hydrogen) atoms. The van der Waals surface area contributed by atoms with E-state index in [0.717, 1.165) is 19.4 Å². The van der Waals surface area contributed by atoms with Gasteiger partial charge in [-0.2, -0.15) is 4.98 Å². The van der Waals surface area contributed by atoms with Gasteiger partial charge in [0.15, 0.2) is 10.8 Å². The average molecular weight is 411 g/mol. The molecule has 6 nitrogen and oxygen atoms in total. The van der Waals surface area contributed by atoms with E-state index in [2.05, 4.69) is 22.1 Å². The van der Waals surface area contributed by atoms with E-state index in [1.807, 2.05) is 0 Å². The van der Waals surface area contributed by atoms with E-state index in [9.17, 15) is 0 Å². The van der Waals surface area contributed by atoms with E-state index in [1.54, 1.807) is 18.2 Å². The van der Waals surface area contributed by atoms with Crippen LogP contribution in [-0.4, -0.2) is 22.6 Å². The van der Waals surface area contributed by atoms with Crippen molar-refractivity contribution in [1.29, 1.82) is 0 Å². The fourth-order valence-electron chi connectivity index (χ4n) is 3.49. The number of aromatic nitrogens is 2. The highest BCUT2D eigenvalue weighted by Gasteiger charge is 2.42. The maximum atomic E-state index is 6.60. The first-order valence-corrected chi connectivity index (χ1v) is 10.1. The van der Waals surface area contributed by atoms with Gasteiger partial charge in [0.1, 0.15) is 10.7 Å². The van der Waals surface area contributed by atoms with Crippen molar-refractivity contribution in [1.82, 2.24) is 9.97 Å². The second-order valence-corrected chi connectivity index (χ2v) is 8.74. The molecule has 0 bridgehead atoms. The summed E-state index contributed by atoms with van der Waals surface area (Å²) in [6.45, 7) is 3.12. The van der Waals surface area contributed by atoms with Gasteiger partial charge in [0.25, 0.3) is 0 Å². The number of piperidine rings is 1. The Balaban J connectivity index is 1.72. The molecular weight excluding hydrogens is 391 g/mol. The molecule has 0 aliphatic carbocycles. The van der Waals surface area contributed by atoms with Crippen molar-refractivity contribution in [3.8, 4) is 0 Å². The SMILES string of the molecule is CC1CCCCN1c1nc(N)c2c(n1)SC(N)(c1c(Cl)cccc1Cl)N2. The second kappa shape index (κ2) is 6.64. The van der Waals surface area contributed by atoms with E-state index in [1.165, 1.54) is 18.2 Å². The molecule has 9 heteroatoms. The number of anilines is 3. The van der Waals surface area contributed by atoms with Crippen LogP contribution in [0.1, 0.15) is 31.7 Å². The number of thioether (sulfide) groups is 1. The van der Waals surface area contributed by atoms with Gasteiger partial charge in [0.2, 0.25) is 5.95 Å². The van der Waals surface area contributed by atoms with Gasteiger partial charge in [-0.1, -0.05) is 41.0 Å². The molecule has 0 spiro atoms. The normalized spacial score (nSPS) is 25.1. The third-order valence-electron chi connectivity index (χ3n) is 4.85. The molecule has 0 radical (unpaired) electrons. The number of nitrogens with one attached hydrogen (secondary N) is 1. The standard InChI is InChI=1S/C17H20Cl2N6S/c1-9-5-2-3-8-25(9)16-22-14(20)13-15(23-16)26-17(21,24-13)12-10(18)6-4-7-11(12)19/h4,6-7,9,24H,2-3,5,8,21H2,1H3,(H2,20,22,23). The van der Waals surface area contributed by atoms with Crippen LogP contribution in [0, 0.1) is 0 Å². The van der Waals surface area contributed by atoms with Crippen LogP contribution in [0.25, 0.3) is 0 Å². The Morgan fingerprint density at radius 1 is 1.27 bits per heavy atom. The number of fused-ring (bicyclic) bond motifs is 1. The van der Waals surface area contributed by atoms with Crippen LogP contribution in [-0.2, 0) is 4.99 Å². The van der Waals surface area contributed by atoms with Crippen molar-refractivity contribution in [2.75, 3.05) is 22.5 Å². The Labute approximate surface area is 166 Å². The highest BCUT2D eigenvalue weighted by Crippen LogP contribution is 2.52. The average Bonchev–Trinajstić information content (AvgIpc) is 2.92. The largest absolute Gasteiger partial charge is 0.382 e. The van der Waals surface area contributed by atoms with Gasteiger partial charge in [-0.05, 0) is 38.3 Å². The summed E-state index contributed by atoms with van der Waals surface area (Å²) in [4.78, 5) is 10.4. The monoisotopic (exact) mass is 410 g/mol. The lowest BCUT2D eigenvalue weighted by Gasteiger charge is -2.33. The minimum Gasteiger partial charge on any atom is -0.382 e. The summed E-state index contributed by atoms with van der Waals surface area (Å²) >= 11 is 14.1. The molecule has 5 N–H and O–H groups in total. The van der Waals surface area contributed by atoms with E-state index in [-0.39, 0.29) is 0 Å². The van der Waals surface area contributed by atoms with Gasteiger partial charge in [0.05, 0.1) is 0 Å². The highest BCUT2D eigenvalue weighted by atomic mass is 35.5. The Bertz CT molecular complexity index is 843. The molecule has 1 aromatic heterocycles. The Morgan fingerprint density at radius 3 is 2.69 bits per heavy atom. The lowest BCUT2D eigenvalue weighted by atomic mass is 10.0. The molecular formula is C17H20Cl2N6S. The van der Waals surface area contributed by atoms with Crippen molar-refractivity contribution in [2.24, 2.45) is 5.73 Å². The summed E-state index contributed by atoms with van der Waals surface area (Å²) in [6.07, 6.45) is 3.49. The third kappa shape index (κ3) is 2.97. The first-order chi connectivity index (χ1) is 12.4. The summed E-state index contributed by atoms with van der Waals surface area (Å²) < 4.78 is 0. The van der Waals surface area contributed by atoms with Crippen LogP contribution in [0.3, 0.4) is 0 Å². The van der Waals surface area contributed by atoms with Gasteiger partial charge >= 0.3 is 0 Å². The van der Waals surface area contributed by atoms with Gasteiger partial charge in [-0.25, -0.2) is 4.98 Å². The van der Waals surface area contributed by atoms with Crippen molar-refractivity contribution < 1.29 is 0 Å². The Kier molecular flexibility index (Phi) is 4.59. The Morgan fingerprint density at radius 2 is 2.00 bits per heavy atom. The number of halogens is 2. The summed E-state index contributed by atoms with van der Waals surface area (Å²) in [5.41, 5.74) is 14.1. The zero-order valence-electron chi connectivity index (χ0n) is 14.3. The quantitative estimate of drug-likeness (QED) is 0.643. The van der Waals surface area contributed by atoms with Crippen molar-refractivity contribution in [2.45, 2.75) is 42.2 Å². The molecule has 2 aliphatic heterocycles. The number of nitrogens with two attached hydrogens (primary N) is 2. The van der Waals surface area contributed by atoms with E-state index < -0.39 is 4.99 Å². The summed E-state index contributed by atoms with van der Waals surface area (Å²) in [7, 11) is 0. The van der Waals surface area contributed by atoms with Crippen LogP contribution < -0.4 is 21.7 Å². The summed E-state index contributed by atoms with van der Waals surface area (Å²) in [5, 5.41) is 4.91. The molecule has 0 saturated carbocycles. The summed E-state index contributed by atoms with van der Waals surface area (Å²) in [6, 6.07) is 5.70. The number of nitrogen functional groups attached to an aromatic ring is 1. The summed E-state index contributed by atoms with van der Waals surface area (Å²) in [5.74, 6) is 1.03. The van der Waals surface area contributed by atoms with Crippen molar-refractivity contribution >= 4 is 52.4 Å². The lowest BCUT2D eigenvalue weighted by Crippen LogP contribution is -2.39. The maximum Gasteiger partial charge on any atom is 0.228 e. The predicted octanol–water partition coefficient (Wildman–Crippen LogP) is 4.03. The molecule has 2 aromatic rings. The molecule has 3 heterocycles. The van der Waals surface area contributed by atoms with Crippen molar-refractivity contribution in [3.05, 3.63) is 33.8 Å². The van der Waals surface area contributed by atoms with E-state index >= 15 is 0 Å². The Hall–Kier alpha value is -1.41. The van der Waals surface area contributed by atoms with E-state index in [4.69, 9.17) is 39.7 Å². The maximum absolute atomic E-state index is 6.60. The fourth-order valence-corrected chi connectivity index (χ4v) is 5.46. The molecule has 0 amide bonds. The molecule has 138 valence electrons. The predicted molar refractivity (Wildman–Crippen MR) is 109 cm³/mol. The number of benzene rings is 1. The highest BCUT2D eigenvalue weighted by molar-refractivity contribution is 8.00. The second-order valence-electron chi connectivity index (χ2n) is 6.69. The van der Waals surface area contributed by atoms with Crippen LogP contribution in [0.5, 0.6) is 0 Å². The van der Waals surface area contributed by atoms with E-state index in [0.29, 0.717) is 44.1 Å². The zero-order valence-corrected chi connectivity index (χ0v) is 16.6. The minimum absolute atomic E-state index is 0.380. The molecule has 2 unspecified atom stereocenters. The molecule has 1 fully saturated rings. The molecule has 2 aliphatic rings. The van der Waals surface area contributed by atoms with Gasteiger partial charge in [-0.15, -0.1) is 0 Å². The van der Waals surface area contributed by atoms with Crippen molar-refractivity contribution in [3.63, 3.8) is 0 Å². The lowest BCUT2D eigenvalue weighted by molar-refractivity contribution is 0.476. The molecule has 4 rings (SSSR count). The van der Waals surface area contributed by atoms with Gasteiger partial charge in [0, 0.05) is 28.2 Å². The number of rotatable bonds is 2.